The summed E-state index contributed by atoms with van der Waals surface area (Å²) in [5.41, 5.74) is 11.5. The van der Waals surface area contributed by atoms with Crippen molar-refractivity contribution in [2.24, 2.45) is 0 Å². The van der Waals surface area contributed by atoms with Gasteiger partial charge in [-0.25, -0.2) is 19.9 Å². The second kappa shape index (κ2) is 13.5. The maximum absolute atomic E-state index is 6.23. The lowest BCUT2D eigenvalue weighted by Crippen LogP contribution is -2.00. The zero-order chi connectivity index (χ0) is 37.7. The molecule has 0 amide bonds. The van der Waals surface area contributed by atoms with Gasteiger partial charge in [0.25, 0.3) is 0 Å². The lowest BCUT2D eigenvalue weighted by Gasteiger charge is -2.15. The van der Waals surface area contributed by atoms with Crippen molar-refractivity contribution in [2.45, 2.75) is 0 Å². The van der Waals surface area contributed by atoms with Gasteiger partial charge < -0.3 is 4.42 Å². The van der Waals surface area contributed by atoms with Crippen molar-refractivity contribution in [3.63, 3.8) is 0 Å². The Hall–Kier alpha value is -7.76. The maximum atomic E-state index is 6.23. The van der Waals surface area contributed by atoms with Gasteiger partial charge in [0.15, 0.2) is 17.5 Å². The summed E-state index contributed by atoms with van der Waals surface area (Å²) in [5, 5.41) is 5.64. The summed E-state index contributed by atoms with van der Waals surface area (Å²) in [6.07, 6.45) is 0. The van der Waals surface area contributed by atoms with E-state index < -0.39 is 0 Å². The Morgan fingerprint density at radius 3 is 1.60 bits per heavy atom. The van der Waals surface area contributed by atoms with E-state index in [0.29, 0.717) is 17.5 Å². The normalized spacial score (nSPS) is 11.5. The summed E-state index contributed by atoms with van der Waals surface area (Å²) in [6.45, 7) is 0. The third-order valence-electron chi connectivity index (χ3n) is 10.7. The minimum atomic E-state index is 0.579. The number of hydrogen-bond donors (Lipinski definition) is 0. The van der Waals surface area contributed by atoms with E-state index in [1.54, 1.807) is 0 Å². The minimum absolute atomic E-state index is 0.579. The van der Waals surface area contributed by atoms with Gasteiger partial charge in [0.1, 0.15) is 11.2 Å². The van der Waals surface area contributed by atoms with Crippen molar-refractivity contribution >= 4 is 43.6 Å². The fraction of sp³-hybridized carbons (Fsp3) is 0. The Kier molecular flexibility index (Phi) is 7.74. The minimum Gasteiger partial charge on any atom is -0.456 e. The van der Waals surface area contributed by atoms with Gasteiger partial charge in [-0.3, -0.25) is 0 Å². The SMILES string of the molecule is c1ccc(-c2nc(-c3ccccc3)nc(-c3cc(-c4ccc5oc6ccccc6c5c4)cc(-c4cc(-c5ccccc5)c5c(ccc6ccccc65)n4)c3)n2)cc1. The Bertz CT molecular complexity index is 3230. The first-order valence-electron chi connectivity index (χ1n) is 19.0. The zero-order valence-corrected chi connectivity index (χ0v) is 30.7. The fourth-order valence-electron chi connectivity index (χ4n) is 7.92. The third-order valence-corrected chi connectivity index (χ3v) is 10.7. The first-order valence-corrected chi connectivity index (χ1v) is 19.0. The standard InChI is InChI=1S/C52H32N4O/c1-4-14-33(15-5-1)43-32-46(53-45-26-24-34-16-10-11-21-41(34)49(43)45)39-28-38(37-25-27-48-44(31-37)42-22-12-13-23-47(42)57-48)29-40(30-39)52-55-50(35-17-6-2-7-18-35)54-51(56-52)36-19-8-3-9-20-36/h1-32H. The molecule has 11 rings (SSSR count). The van der Waals surface area contributed by atoms with Crippen LogP contribution < -0.4 is 0 Å². The van der Waals surface area contributed by atoms with E-state index in [4.69, 9.17) is 24.4 Å². The summed E-state index contributed by atoms with van der Waals surface area (Å²) >= 11 is 0. The van der Waals surface area contributed by atoms with Gasteiger partial charge >= 0.3 is 0 Å². The molecule has 0 radical (unpaired) electrons. The van der Waals surface area contributed by atoms with Crippen LogP contribution >= 0.6 is 0 Å². The monoisotopic (exact) mass is 728 g/mol. The van der Waals surface area contributed by atoms with Crippen LogP contribution in [0.1, 0.15) is 0 Å². The molecule has 0 saturated heterocycles. The number of fused-ring (bicyclic) bond motifs is 6. The quantitative estimate of drug-likeness (QED) is 0.160. The van der Waals surface area contributed by atoms with E-state index in [2.05, 4.69) is 121 Å². The number of pyridine rings is 1. The topological polar surface area (TPSA) is 64.7 Å². The number of rotatable bonds is 6. The fourth-order valence-corrected chi connectivity index (χ4v) is 7.92. The first kappa shape index (κ1) is 32.7. The summed E-state index contributed by atoms with van der Waals surface area (Å²) in [7, 11) is 0. The van der Waals surface area contributed by atoms with Crippen LogP contribution in [0.2, 0.25) is 0 Å². The molecule has 0 saturated carbocycles. The molecule has 57 heavy (non-hydrogen) atoms. The van der Waals surface area contributed by atoms with E-state index >= 15 is 0 Å². The predicted molar refractivity (Wildman–Crippen MR) is 233 cm³/mol. The second-order valence-corrected chi connectivity index (χ2v) is 14.2. The van der Waals surface area contributed by atoms with Crippen molar-refractivity contribution < 1.29 is 4.42 Å². The van der Waals surface area contributed by atoms with Crippen LogP contribution in [0.25, 0.3) is 111 Å². The third kappa shape index (κ3) is 5.90. The van der Waals surface area contributed by atoms with Crippen molar-refractivity contribution in [3.8, 4) is 67.7 Å². The molecule has 0 aliphatic rings. The molecule has 0 bridgehead atoms. The molecular formula is C52H32N4O. The molecule has 5 heteroatoms. The van der Waals surface area contributed by atoms with E-state index in [1.807, 2.05) is 72.8 Å². The summed E-state index contributed by atoms with van der Waals surface area (Å²) in [5.74, 6) is 1.80. The highest BCUT2D eigenvalue weighted by Gasteiger charge is 2.18. The lowest BCUT2D eigenvalue weighted by molar-refractivity contribution is 0.669. The first-order chi connectivity index (χ1) is 28.2. The van der Waals surface area contributed by atoms with E-state index in [-0.39, 0.29) is 0 Å². The highest BCUT2D eigenvalue weighted by Crippen LogP contribution is 2.40. The summed E-state index contributed by atoms with van der Waals surface area (Å²) in [6, 6.07) is 67.0. The number of nitrogens with zero attached hydrogens (tertiary/aromatic N) is 4. The van der Waals surface area contributed by atoms with Gasteiger partial charge in [0.2, 0.25) is 0 Å². The van der Waals surface area contributed by atoms with Crippen molar-refractivity contribution in [1.29, 1.82) is 0 Å². The Morgan fingerprint density at radius 1 is 0.316 bits per heavy atom. The molecule has 11 aromatic rings. The Labute approximate surface area is 328 Å². The molecule has 8 aromatic carbocycles. The maximum Gasteiger partial charge on any atom is 0.164 e. The Balaban J connectivity index is 1.18. The molecule has 3 heterocycles. The Morgan fingerprint density at radius 2 is 0.877 bits per heavy atom. The molecule has 3 aromatic heterocycles. The summed E-state index contributed by atoms with van der Waals surface area (Å²) in [4.78, 5) is 20.7. The van der Waals surface area contributed by atoms with Crippen LogP contribution in [-0.4, -0.2) is 19.9 Å². The van der Waals surface area contributed by atoms with Gasteiger partial charge in [0, 0.05) is 38.4 Å². The molecule has 0 fully saturated rings. The van der Waals surface area contributed by atoms with Crippen LogP contribution in [-0.2, 0) is 0 Å². The average molecular weight is 729 g/mol. The van der Waals surface area contributed by atoms with E-state index in [1.165, 1.54) is 10.8 Å². The van der Waals surface area contributed by atoms with Crippen molar-refractivity contribution in [1.82, 2.24) is 19.9 Å². The summed E-state index contributed by atoms with van der Waals surface area (Å²) < 4.78 is 6.23. The van der Waals surface area contributed by atoms with Crippen molar-refractivity contribution in [2.75, 3.05) is 0 Å². The van der Waals surface area contributed by atoms with Gasteiger partial charge in [-0.05, 0) is 81.6 Å². The van der Waals surface area contributed by atoms with Gasteiger partial charge in [-0.15, -0.1) is 0 Å². The molecule has 0 aliphatic heterocycles. The van der Waals surface area contributed by atoms with Crippen LogP contribution in [0.15, 0.2) is 199 Å². The lowest BCUT2D eigenvalue weighted by atomic mass is 9.93. The largest absolute Gasteiger partial charge is 0.456 e. The van der Waals surface area contributed by atoms with Crippen LogP contribution in [0.5, 0.6) is 0 Å². The number of para-hydroxylation sites is 1. The van der Waals surface area contributed by atoms with E-state index in [9.17, 15) is 0 Å². The molecule has 0 aliphatic carbocycles. The number of hydrogen-bond acceptors (Lipinski definition) is 5. The van der Waals surface area contributed by atoms with Gasteiger partial charge in [-0.2, -0.15) is 0 Å². The van der Waals surface area contributed by atoms with E-state index in [0.717, 1.165) is 83.0 Å². The molecule has 0 atom stereocenters. The van der Waals surface area contributed by atoms with Crippen LogP contribution in [0.3, 0.4) is 0 Å². The smallest absolute Gasteiger partial charge is 0.164 e. The van der Waals surface area contributed by atoms with Crippen LogP contribution in [0.4, 0.5) is 0 Å². The molecule has 5 nitrogen and oxygen atoms in total. The average Bonchev–Trinajstić information content (AvgIpc) is 3.67. The zero-order valence-electron chi connectivity index (χ0n) is 30.7. The molecule has 0 N–H and O–H groups in total. The van der Waals surface area contributed by atoms with Crippen LogP contribution in [0, 0.1) is 0 Å². The van der Waals surface area contributed by atoms with Gasteiger partial charge in [-0.1, -0.05) is 146 Å². The predicted octanol–water partition coefficient (Wildman–Crippen LogP) is 13.5. The molecule has 0 spiro atoms. The highest BCUT2D eigenvalue weighted by atomic mass is 16.3. The van der Waals surface area contributed by atoms with Gasteiger partial charge in [0.05, 0.1) is 11.2 Å². The number of aromatic nitrogens is 4. The number of furan rings is 1. The highest BCUT2D eigenvalue weighted by molar-refractivity contribution is 6.14. The second-order valence-electron chi connectivity index (χ2n) is 14.2. The molecule has 266 valence electrons. The molecule has 0 unspecified atom stereocenters. The molecular weight excluding hydrogens is 697 g/mol. The van der Waals surface area contributed by atoms with Crippen molar-refractivity contribution in [3.05, 3.63) is 194 Å². The number of benzene rings is 8.